The summed E-state index contributed by atoms with van der Waals surface area (Å²) in [6.07, 6.45) is -4.74. The van der Waals surface area contributed by atoms with Crippen LogP contribution < -0.4 is 10.1 Å². The molecule has 0 amide bonds. The van der Waals surface area contributed by atoms with E-state index in [1.165, 1.54) is 18.2 Å². The molecule has 0 saturated carbocycles. The van der Waals surface area contributed by atoms with E-state index in [0.717, 1.165) is 4.47 Å². The molecule has 0 heterocycles. The second-order valence-electron chi connectivity index (χ2n) is 4.00. The fraction of sp³-hybridized carbons (Fsp3) is 0.0714. The van der Waals surface area contributed by atoms with Gasteiger partial charge in [-0.05, 0) is 30.3 Å². The van der Waals surface area contributed by atoms with Gasteiger partial charge in [-0.1, -0.05) is 22.0 Å². The van der Waals surface area contributed by atoms with Crippen molar-refractivity contribution < 1.29 is 17.9 Å². The van der Waals surface area contributed by atoms with Crippen LogP contribution in [0, 0.1) is 11.3 Å². The van der Waals surface area contributed by atoms with Crippen molar-refractivity contribution in [2.45, 2.75) is 6.36 Å². The van der Waals surface area contributed by atoms with Crippen LogP contribution in [0.2, 0.25) is 0 Å². The average Bonchev–Trinajstić information content (AvgIpc) is 2.37. The maximum absolute atomic E-state index is 12.2. The van der Waals surface area contributed by atoms with Gasteiger partial charge in [0.25, 0.3) is 0 Å². The second kappa shape index (κ2) is 6.06. The predicted octanol–water partition coefficient (Wildman–Crippen LogP) is 4.96. The minimum atomic E-state index is -4.74. The van der Waals surface area contributed by atoms with Gasteiger partial charge in [-0.3, -0.25) is 0 Å². The third kappa shape index (κ3) is 4.39. The van der Waals surface area contributed by atoms with E-state index in [1.807, 2.05) is 6.07 Å². The molecule has 3 nitrogen and oxygen atoms in total. The maximum atomic E-state index is 12.2. The van der Waals surface area contributed by atoms with Crippen molar-refractivity contribution in [1.29, 1.82) is 5.26 Å². The molecule has 0 aromatic heterocycles. The smallest absolute Gasteiger partial charge is 0.406 e. The van der Waals surface area contributed by atoms with Crippen LogP contribution >= 0.6 is 15.9 Å². The summed E-state index contributed by atoms with van der Waals surface area (Å²) < 4.78 is 41.1. The van der Waals surface area contributed by atoms with Crippen molar-refractivity contribution in [1.82, 2.24) is 0 Å². The van der Waals surface area contributed by atoms with Crippen LogP contribution in [0.15, 0.2) is 46.9 Å². The Morgan fingerprint density at radius 3 is 2.57 bits per heavy atom. The fourth-order valence-corrected chi connectivity index (χ4v) is 2.00. The third-order valence-corrected chi connectivity index (χ3v) is 2.94. The molecule has 2 aromatic carbocycles. The predicted molar refractivity (Wildman–Crippen MR) is 75.3 cm³/mol. The lowest BCUT2D eigenvalue weighted by Gasteiger charge is -2.12. The number of benzene rings is 2. The molecule has 0 spiro atoms. The summed E-state index contributed by atoms with van der Waals surface area (Å²) in [5, 5.41) is 11.9. The van der Waals surface area contributed by atoms with E-state index in [9.17, 15) is 13.2 Å². The van der Waals surface area contributed by atoms with E-state index in [-0.39, 0.29) is 5.75 Å². The summed E-state index contributed by atoms with van der Waals surface area (Å²) in [5.41, 5.74) is 1.24. The number of nitrogens with zero attached hydrogens (tertiary/aromatic N) is 1. The summed E-state index contributed by atoms with van der Waals surface area (Å²) in [6.45, 7) is 0. The van der Waals surface area contributed by atoms with E-state index in [0.29, 0.717) is 16.9 Å². The van der Waals surface area contributed by atoms with Crippen molar-refractivity contribution >= 4 is 27.3 Å². The van der Waals surface area contributed by atoms with Gasteiger partial charge in [0.2, 0.25) is 0 Å². The highest BCUT2D eigenvalue weighted by molar-refractivity contribution is 9.10. The molecule has 0 bridgehead atoms. The summed E-state index contributed by atoms with van der Waals surface area (Å²) >= 11 is 3.27. The molecule has 7 heteroatoms. The van der Waals surface area contributed by atoms with Crippen molar-refractivity contribution in [3.05, 3.63) is 52.5 Å². The molecule has 0 fully saturated rings. The first kappa shape index (κ1) is 15.2. The van der Waals surface area contributed by atoms with Crippen LogP contribution in [-0.2, 0) is 0 Å². The Balaban J connectivity index is 2.27. The zero-order valence-corrected chi connectivity index (χ0v) is 12.0. The van der Waals surface area contributed by atoms with E-state index in [1.54, 1.807) is 24.3 Å². The zero-order valence-electron chi connectivity index (χ0n) is 10.4. The van der Waals surface area contributed by atoms with E-state index in [2.05, 4.69) is 26.0 Å². The van der Waals surface area contributed by atoms with Gasteiger partial charge in [0.1, 0.15) is 11.8 Å². The first-order valence-corrected chi connectivity index (χ1v) is 6.49. The number of anilines is 2. The van der Waals surface area contributed by atoms with Crippen LogP contribution in [0.4, 0.5) is 24.5 Å². The number of hydrogen-bond acceptors (Lipinski definition) is 3. The Morgan fingerprint density at radius 2 is 1.90 bits per heavy atom. The number of rotatable bonds is 3. The quantitative estimate of drug-likeness (QED) is 0.844. The van der Waals surface area contributed by atoms with Crippen LogP contribution in [-0.4, -0.2) is 6.36 Å². The van der Waals surface area contributed by atoms with Crippen LogP contribution in [0.25, 0.3) is 0 Å². The lowest BCUT2D eigenvalue weighted by atomic mass is 10.2. The number of hydrogen-bond donors (Lipinski definition) is 1. The molecular weight excluding hydrogens is 349 g/mol. The largest absolute Gasteiger partial charge is 0.573 e. The van der Waals surface area contributed by atoms with Gasteiger partial charge in [-0.15, -0.1) is 13.2 Å². The molecule has 0 aliphatic carbocycles. The fourth-order valence-electron chi connectivity index (χ4n) is 1.64. The standard InChI is InChI=1S/C14H8BrF3N2O/c15-10-5-4-9(8-19)13(6-10)20-11-2-1-3-12(7-11)21-14(16,17)18/h1-7,20H. The highest BCUT2D eigenvalue weighted by atomic mass is 79.9. The molecule has 108 valence electrons. The lowest BCUT2D eigenvalue weighted by molar-refractivity contribution is -0.274. The normalized spacial score (nSPS) is 10.8. The molecule has 0 atom stereocenters. The highest BCUT2D eigenvalue weighted by Crippen LogP contribution is 2.28. The van der Waals surface area contributed by atoms with Crippen LogP contribution in [0.5, 0.6) is 5.75 Å². The molecule has 0 aliphatic heterocycles. The van der Waals surface area contributed by atoms with Crippen molar-refractivity contribution in [3.63, 3.8) is 0 Å². The minimum absolute atomic E-state index is 0.332. The number of alkyl halides is 3. The molecule has 2 aromatic rings. The van der Waals surface area contributed by atoms with Crippen molar-refractivity contribution in [2.75, 3.05) is 5.32 Å². The summed E-state index contributed by atoms with van der Waals surface area (Å²) in [4.78, 5) is 0. The number of halogens is 4. The van der Waals surface area contributed by atoms with Gasteiger partial charge >= 0.3 is 6.36 Å². The molecular formula is C14H8BrF3N2O. The maximum Gasteiger partial charge on any atom is 0.573 e. The number of ether oxygens (including phenoxy) is 1. The number of nitriles is 1. The second-order valence-corrected chi connectivity index (χ2v) is 4.92. The highest BCUT2D eigenvalue weighted by Gasteiger charge is 2.31. The molecule has 1 N–H and O–H groups in total. The Kier molecular flexibility index (Phi) is 4.38. The monoisotopic (exact) mass is 356 g/mol. The van der Waals surface area contributed by atoms with Crippen LogP contribution in [0.3, 0.4) is 0 Å². The first-order chi connectivity index (χ1) is 9.87. The Labute approximate surface area is 127 Å². The van der Waals surface area contributed by atoms with Crippen molar-refractivity contribution in [3.8, 4) is 11.8 Å². The Hall–Kier alpha value is -2.20. The number of nitrogens with one attached hydrogen (secondary N) is 1. The molecule has 0 radical (unpaired) electrons. The van der Waals surface area contributed by atoms with Gasteiger partial charge in [0.05, 0.1) is 11.3 Å². The zero-order chi connectivity index (χ0) is 15.5. The van der Waals surface area contributed by atoms with E-state index < -0.39 is 6.36 Å². The SMILES string of the molecule is N#Cc1ccc(Br)cc1Nc1cccc(OC(F)(F)F)c1. The summed E-state index contributed by atoms with van der Waals surface area (Å²) in [6, 6.07) is 12.4. The van der Waals surface area contributed by atoms with E-state index in [4.69, 9.17) is 5.26 Å². The molecule has 0 saturated heterocycles. The Bertz CT molecular complexity index is 695. The Morgan fingerprint density at radius 1 is 1.14 bits per heavy atom. The lowest BCUT2D eigenvalue weighted by Crippen LogP contribution is -2.17. The molecule has 2 rings (SSSR count). The minimum Gasteiger partial charge on any atom is -0.406 e. The van der Waals surface area contributed by atoms with Gasteiger partial charge < -0.3 is 10.1 Å². The average molecular weight is 357 g/mol. The molecule has 0 unspecified atom stereocenters. The van der Waals surface area contributed by atoms with Crippen molar-refractivity contribution in [2.24, 2.45) is 0 Å². The van der Waals surface area contributed by atoms with Crippen LogP contribution in [0.1, 0.15) is 5.56 Å². The first-order valence-electron chi connectivity index (χ1n) is 5.70. The van der Waals surface area contributed by atoms with Gasteiger partial charge in [-0.25, -0.2) is 0 Å². The van der Waals surface area contributed by atoms with E-state index >= 15 is 0 Å². The molecule has 0 aliphatic rings. The van der Waals surface area contributed by atoms with Gasteiger partial charge in [-0.2, -0.15) is 5.26 Å². The summed E-state index contributed by atoms with van der Waals surface area (Å²) in [7, 11) is 0. The van der Waals surface area contributed by atoms with Gasteiger partial charge in [0, 0.05) is 16.2 Å². The topological polar surface area (TPSA) is 45.0 Å². The third-order valence-electron chi connectivity index (χ3n) is 2.45. The van der Waals surface area contributed by atoms with Gasteiger partial charge in [0.15, 0.2) is 0 Å². The summed E-state index contributed by atoms with van der Waals surface area (Å²) in [5.74, 6) is -0.332. The molecule has 21 heavy (non-hydrogen) atoms.